The van der Waals surface area contributed by atoms with Gasteiger partial charge in [0.05, 0.1) is 7.11 Å². The molecule has 118 valence electrons. The minimum Gasteiger partial charge on any atom is -0.497 e. The fraction of sp³-hybridized carbons (Fsp3) is 0.562. The molecule has 1 fully saturated rings. The molecule has 1 aliphatic heterocycles. The SMILES string of the molecule is COc1ccc(CCC(=O)N2CCC(C(C)N)C2)cc1.Cl. The van der Waals surface area contributed by atoms with Gasteiger partial charge in [0.15, 0.2) is 0 Å². The van der Waals surface area contributed by atoms with Gasteiger partial charge >= 0.3 is 0 Å². The summed E-state index contributed by atoms with van der Waals surface area (Å²) < 4.78 is 5.12. The summed E-state index contributed by atoms with van der Waals surface area (Å²) in [4.78, 5) is 14.1. The first-order valence-electron chi connectivity index (χ1n) is 7.26. The molecule has 1 aromatic carbocycles. The van der Waals surface area contributed by atoms with Crippen LogP contribution in [0.3, 0.4) is 0 Å². The predicted molar refractivity (Wildman–Crippen MR) is 86.9 cm³/mol. The maximum Gasteiger partial charge on any atom is 0.222 e. The maximum atomic E-state index is 12.2. The number of likely N-dealkylation sites (tertiary alicyclic amines) is 1. The zero-order valence-electron chi connectivity index (χ0n) is 12.7. The Labute approximate surface area is 133 Å². The van der Waals surface area contributed by atoms with Gasteiger partial charge in [-0.2, -0.15) is 0 Å². The summed E-state index contributed by atoms with van der Waals surface area (Å²) in [6.07, 6.45) is 2.38. The van der Waals surface area contributed by atoms with Gasteiger partial charge in [0.1, 0.15) is 5.75 Å². The monoisotopic (exact) mass is 312 g/mol. The lowest BCUT2D eigenvalue weighted by molar-refractivity contribution is -0.130. The molecule has 2 N–H and O–H groups in total. The summed E-state index contributed by atoms with van der Waals surface area (Å²) in [6, 6.07) is 8.07. The van der Waals surface area contributed by atoms with E-state index < -0.39 is 0 Å². The molecule has 2 atom stereocenters. The van der Waals surface area contributed by atoms with Gasteiger partial charge in [-0.25, -0.2) is 0 Å². The number of nitrogens with two attached hydrogens (primary N) is 1. The van der Waals surface area contributed by atoms with Gasteiger partial charge in [0.25, 0.3) is 0 Å². The van der Waals surface area contributed by atoms with Crippen molar-refractivity contribution in [1.29, 1.82) is 0 Å². The maximum absolute atomic E-state index is 12.2. The van der Waals surface area contributed by atoms with E-state index in [0.717, 1.165) is 31.7 Å². The summed E-state index contributed by atoms with van der Waals surface area (Å²) in [5.41, 5.74) is 7.07. The highest BCUT2D eigenvalue weighted by molar-refractivity contribution is 5.85. The van der Waals surface area contributed by atoms with E-state index in [2.05, 4.69) is 0 Å². The van der Waals surface area contributed by atoms with Crippen LogP contribution < -0.4 is 10.5 Å². The highest BCUT2D eigenvalue weighted by Gasteiger charge is 2.27. The van der Waals surface area contributed by atoms with Crippen LogP contribution in [-0.4, -0.2) is 37.0 Å². The molecule has 2 rings (SSSR count). The van der Waals surface area contributed by atoms with E-state index in [0.29, 0.717) is 12.3 Å². The van der Waals surface area contributed by atoms with Crippen molar-refractivity contribution in [2.24, 2.45) is 11.7 Å². The van der Waals surface area contributed by atoms with Crippen molar-refractivity contribution < 1.29 is 9.53 Å². The number of amides is 1. The lowest BCUT2D eigenvalue weighted by atomic mass is 10.0. The molecule has 5 heteroatoms. The van der Waals surface area contributed by atoms with Crippen LogP contribution in [0.15, 0.2) is 24.3 Å². The Balaban J connectivity index is 0.00000220. The second kappa shape index (κ2) is 8.25. The van der Waals surface area contributed by atoms with Crippen molar-refractivity contribution in [2.45, 2.75) is 32.2 Å². The van der Waals surface area contributed by atoms with Crippen LogP contribution in [0.2, 0.25) is 0 Å². The third-order valence-corrected chi connectivity index (χ3v) is 4.11. The molecule has 0 radical (unpaired) electrons. The number of nitrogens with zero attached hydrogens (tertiary/aromatic N) is 1. The van der Waals surface area contributed by atoms with Crippen LogP contribution in [0.25, 0.3) is 0 Å². The van der Waals surface area contributed by atoms with Crippen LogP contribution >= 0.6 is 12.4 Å². The quantitative estimate of drug-likeness (QED) is 0.907. The summed E-state index contributed by atoms with van der Waals surface area (Å²) >= 11 is 0. The average molecular weight is 313 g/mol. The average Bonchev–Trinajstić information content (AvgIpc) is 2.95. The molecule has 1 saturated heterocycles. The fourth-order valence-corrected chi connectivity index (χ4v) is 2.64. The number of halogens is 1. The molecule has 2 unspecified atom stereocenters. The second-order valence-corrected chi connectivity index (χ2v) is 5.60. The van der Waals surface area contributed by atoms with Crippen LogP contribution in [0, 0.1) is 5.92 Å². The van der Waals surface area contributed by atoms with Crippen LogP contribution in [0.5, 0.6) is 5.75 Å². The standard InChI is InChI=1S/C16H24N2O2.ClH/c1-12(17)14-9-10-18(11-14)16(19)8-5-13-3-6-15(20-2)7-4-13;/h3-4,6-7,12,14H,5,8-11,17H2,1-2H3;1H. The Hall–Kier alpha value is -1.26. The smallest absolute Gasteiger partial charge is 0.222 e. The number of hydrogen-bond acceptors (Lipinski definition) is 3. The minimum atomic E-state index is 0. The highest BCUT2D eigenvalue weighted by Crippen LogP contribution is 2.20. The molecule has 1 aliphatic rings. The molecule has 0 saturated carbocycles. The van der Waals surface area contributed by atoms with Crippen LogP contribution in [-0.2, 0) is 11.2 Å². The van der Waals surface area contributed by atoms with E-state index >= 15 is 0 Å². The van der Waals surface area contributed by atoms with Crippen molar-refractivity contribution in [1.82, 2.24) is 4.90 Å². The molecule has 1 aromatic rings. The number of rotatable bonds is 5. The number of methoxy groups -OCH3 is 1. The normalized spacial score (nSPS) is 19.0. The highest BCUT2D eigenvalue weighted by atomic mass is 35.5. The van der Waals surface area contributed by atoms with Crippen LogP contribution in [0.4, 0.5) is 0 Å². The van der Waals surface area contributed by atoms with E-state index in [9.17, 15) is 4.79 Å². The zero-order valence-corrected chi connectivity index (χ0v) is 13.6. The number of ether oxygens (including phenoxy) is 1. The van der Waals surface area contributed by atoms with Crippen molar-refractivity contribution >= 4 is 18.3 Å². The van der Waals surface area contributed by atoms with Crippen molar-refractivity contribution in [3.8, 4) is 5.75 Å². The number of benzene rings is 1. The molecular formula is C16H25ClN2O2. The lowest BCUT2D eigenvalue weighted by Crippen LogP contribution is -2.33. The molecule has 0 spiro atoms. The molecule has 21 heavy (non-hydrogen) atoms. The predicted octanol–water partition coefficient (Wildman–Crippen LogP) is 2.25. The van der Waals surface area contributed by atoms with Gasteiger partial charge in [0.2, 0.25) is 5.91 Å². The van der Waals surface area contributed by atoms with Gasteiger partial charge in [-0.05, 0) is 43.4 Å². The van der Waals surface area contributed by atoms with Gasteiger partial charge < -0.3 is 15.4 Å². The minimum absolute atomic E-state index is 0. The third kappa shape index (κ3) is 4.90. The fourth-order valence-electron chi connectivity index (χ4n) is 2.64. The van der Waals surface area contributed by atoms with Gasteiger partial charge in [-0.15, -0.1) is 12.4 Å². The lowest BCUT2D eigenvalue weighted by Gasteiger charge is -2.18. The molecule has 1 heterocycles. The zero-order chi connectivity index (χ0) is 14.5. The summed E-state index contributed by atoms with van der Waals surface area (Å²) in [5.74, 6) is 1.54. The number of carbonyl (C=O) groups excluding carboxylic acids is 1. The van der Waals surface area contributed by atoms with E-state index in [4.69, 9.17) is 10.5 Å². The first-order chi connectivity index (χ1) is 9.60. The summed E-state index contributed by atoms with van der Waals surface area (Å²) in [6.45, 7) is 3.70. The largest absolute Gasteiger partial charge is 0.497 e. The number of hydrogen-bond donors (Lipinski definition) is 1. The van der Waals surface area contributed by atoms with E-state index in [1.54, 1.807) is 7.11 Å². The van der Waals surface area contributed by atoms with E-state index in [-0.39, 0.29) is 24.4 Å². The van der Waals surface area contributed by atoms with Crippen molar-refractivity contribution in [3.63, 3.8) is 0 Å². The topological polar surface area (TPSA) is 55.6 Å². The van der Waals surface area contributed by atoms with Gasteiger partial charge in [0, 0.05) is 25.6 Å². The van der Waals surface area contributed by atoms with Crippen LogP contribution in [0.1, 0.15) is 25.3 Å². The Morgan fingerprint density at radius 1 is 1.43 bits per heavy atom. The van der Waals surface area contributed by atoms with Gasteiger partial charge in [-0.1, -0.05) is 12.1 Å². The van der Waals surface area contributed by atoms with E-state index in [1.165, 1.54) is 5.56 Å². The van der Waals surface area contributed by atoms with Crippen molar-refractivity contribution in [3.05, 3.63) is 29.8 Å². The second-order valence-electron chi connectivity index (χ2n) is 5.60. The van der Waals surface area contributed by atoms with Gasteiger partial charge in [-0.3, -0.25) is 4.79 Å². The van der Waals surface area contributed by atoms with E-state index in [1.807, 2.05) is 36.1 Å². The third-order valence-electron chi connectivity index (χ3n) is 4.11. The molecule has 1 amide bonds. The first kappa shape index (κ1) is 17.8. The first-order valence-corrected chi connectivity index (χ1v) is 7.26. The molecular weight excluding hydrogens is 288 g/mol. The Morgan fingerprint density at radius 3 is 2.62 bits per heavy atom. The molecule has 4 nitrogen and oxygen atoms in total. The summed E-state index contributed by atoms with van der Waals surface area (Å²) in [7, 11) is 1.65. The Kier molecular flexibility index (Phi) is 6.99. The molecule has 0 aromatic heterocycles. The number of carbonyl (C=O) groups is 1. The molecule has 0 bridgehead atoms. The summed E-state index contributed by atoms with van der Waals surface area (Å²) in [5, 5.41) is 0. The van der Waals surface area contributed by atoms with Crippen molar-refractivity contribution in [2.75, 3.05) is 20.2 Å². The Morgan fingerprint density at radius 2 is 2.10 bits per heavy atom. The number of aryl methyl sites for hydroxylation is 1. The molecule has 0 aliphatic carbocycles. The Bertz CT molecular complexity index is 448.